The van der Waals surface area contributed by atoms with Crippen molar-refractivity contribution in [3.05, 3.63) is 59.2 Å². The van der Waals surface area contributed by atoms with E-state index < -0.39 is 0 Å². The summed E-state index contributed by atoms with van der Waals surface area (Å²) in [6.45, 7) is 2.41. The summed E-state index contributed by atoms with van der Waals surface area (Å²) in [4.78, 5) is 12.1. The van der Waals surface area contributed by atoms with Gasteiger partial charge in [-0.2, -0.15) is 0 Å². The van der Waals surface area contributed by atoms with Gasteiger partial charge in [0, 0.05) is 6.54 Å². The molecular weight excluding hydrogens is 254 g/mol. The molecule has 0 radical (unpaired) electrons. The fourth-order valence-electron chi connectivity index (χ4n) is 1.90. The molecule has 0 fully saturated rings. The highest BCUT2D eigenvalue weighted by atomic mass is 16.5. The summed E-state index contributed by atoms with van der Waals surface area (Å²) in [5, 5.41) is 12.5. The number of amides is 1. The second-order valence-corrected chi connectivity index (χ2v) is 4.49. The molecule has 20 heavy (non-hydrogen) atoms. The fraction of sp³-hybridized carbons (Fsp3) is 0.188. The number of nitrogens with one attached hydrogen (secondary N) is 1. The number of methoxy groups -OCH3 is 1. The van der Waals surface area contributed by atoms with Crippen molar-refractivity contribution in [2.45, 2.75) is 13.5 Å². The number of rotatable bonds is 4. The van der Waals surface area contributed by atoms with Gasteiger partial charge in [-0.3, -0.25) is 4.79 Å². The normalized spacial score (nSPS) is 10.1. The highest BCUT2D eigenvalue weighted by Gasteiger charge is 2.12. The molecule has 0 bridgehead atoms. The minimum absolute atomic E-state index is 0.0620. The molecule has 0 aliphatic carbocycles. The maximum atomic E-state index is 12.1. The molecule has 2 rings (SSSR count). The molecule has 0 aliphatic heterocycles. The van der Waals surface area contributed by atoms with Crippen molar-refractivity contribution in [2.75, 3.05) is 7.11 Å². The number of hydrogen-bond acceptors (Lipinski definition) is 3. The first-order valence-electron chi connectivity index (χ1n) is 6.31. The van der Waals surface area contributed by atoms with Crippen molar-refractivity contribution in [2.24, 2.45) is 0 Å². The van der Waals surface area contributed by atoms with E-state index in [0.717, 1.165) is 11.1 Å². The summed E-state index contributed by atoms with van der Waals surface area (Å²) in [7, 11) is 1.52. The quantitative estimate of drug-likeness (QED) is 0.898. The highest BCUT2D eigenvalue weighted by molar-refractivity contribution is 5.97. The van der Waals surface area contributed by atoms with E-state index in [-0.39, 0.29) is 17.2 Å². The maximum absolute atomic E-state index is 12.1. The van der Waals surface area contributed by atoms with Crippen molar-refractivity contribution in [1.82, 2.24) is 5.32 Å². The Morgan fingerprint density at radius 2 is 2.00 bits per heavy atom. The monoisotopic (exact) mass is 271 g/mol. The fourth-order valence-corrected chi connectivity index (χ4v) is 1.90. The van der Waals surface area contributed by atoms with Gasteiger partial charge in [0.25, 0.3) is 5.91 Å². The van der Waals surface area contributed by atoms with Crippen LogP contribution in [0.5, 0.6) is 11.5 Å². The Bertz CT molecular complexity index is 623. The zero-order valence-electron chi connectivity index (χ0n) is 11.5. The summed E-state index contributed by atoms with van der Waals surface area (Å²) < 4.78 is 5.05. The Kier molecular flexibility index (Phi) is 4.25. The summed E-state index contributed by atoms with van der Waals surface area (Å²) in [5.74, 6) is 0.140. The number of aromatic hydroxyl groups is 1. The molecule has 0 aromatic heterocycles. The molecule has 4 heteroatoms. The van der Waals surface area contributed by atoms with E-state index in [1.807, 2.05) is 31.2 Å². The van der Waals surface area contributed by atoms with E-state index in [1.54, 1.807) is 6.07 Å². The Morgan fingerprint density at radius 1 is 1.25 bits per heavy atom. The molecule has 0 heterocycles. The molecule has 2 N–H and O–H groups in total. The first kappa shape index (κ1) is 13.9. The Labute approximate surface area is 118 Å². The molecule has 1 amide bonds. The number of phenols is 1. The van der Waals surface area contributed by atoms with Gasteiger partial charge in [-0.1, -0.05) is 24.3 Å². The van der Waals surface area contributed by atoms with Crippen LogP contribution in [0.3, 0.4) is 0 Å². The van der Waals surface area contributed by atoms with Gasteiger partial charge in [-0.15, -0.1) is 0 Å². The second kappa shape index (κ2) is 6.10. The van der Waals surface area contributed by atoms with Gasteiger partial charge in [-0.05, 0) is 36.2 Å². The molecular formula is C16H17NO3. The third-order valence-corrected chi connectivity index (χ3v) is 3.15. The van der Waals surface area contributed by atoms with Crippen LogP contribution in [-0.4, -0.2) is 18.1 Å². The number of carbonyl (C=O) groups is 1. The third-order valence-electron chi connectivity index (χ3n) is 3.15. The predicted octanol–water partition coefficient (Wildman–Crippen LogP) is 2.64. The molecule has 2 aromatic rings. The lowest BCUT2D eigenvalue weighted by Gasteiger charge is -2.10. The minimum Gasteiger partial charge on any atom is -0.507 e. The van der Waals surface area contributed by atoms with Crippen LogP contribution in [0.25, 0.3) is 0 Å². The molecule has 0 saturated heterocycles. The largest absolute Gasteiger partial charge is 0.507 e. The van der Waals surface area contributed by atoms with E-state index in [2.05, 4.69) is 5.32 Å². The smallest absolute Gasteiger partial charge is 0.255 e. The average molecular weight is 271 g/mol. The molecule has 104 valence electrons. The average Bonchev–Trinajstić information content (AvgIpc) is 2.46. The summed E-state index contributed by atoms with van der Waals surface area (Å²) in [5.41, 5.74) is 2.36. The summed E-state index contributed by atoms with van der Waals surface area (Å²) in [6.07, 6.45) is 0. The molecule has 0 atom stereocenters. The van der Waals surface area contributed by atoms with Gasteiger partial charge >= 0.3 is 0 Å². The van der Waals surface area contributed by atoms with E-state index in [9.17, 15) is 9.90 Å². The molecule has 0 saturated carbocycles. The van der Waals surface area contributed by atoms with Gasteiger partial charge in [0.1, 0.15) is 11.5 Å². The van der Waals surface area contributed by atoms with Crippen LogP contribution in [0.1, 0.15) is 21.5 Å². The van der Waals surface area contributed by atoms with Crippen LogP contribution in [0.15, 0.2) is 42.5 Å². The van der Waals surface area contributed by atoms with Gasteiger partial charge in [-0.25, -0.2) is 0 Å². The van der Waals surface area contributed by atoms with Gasteiger partial charge in [0.05, 0.1) is 12.7 Å². The third kappa shape index (κ3) is 3.09. The zero-order valence-corrected chi connectivity index (χ0v) is 11.5. The topological polar surface area (TPSA) is 58.6 Å². The van der Waals surface area contributed by atoms with E-state index >= 15 is 0 Å². The Hall–Kier alpha value is -2.49. The van der Waals surface area contributed by atoms with Gasteiger partial charge < -0.3 is 15.2 Å². The number of benzene rings is 2. The molecule has 2 aromatic carbocycles. The Morgan fingerprint density at radius 3 is 2.70 bits per heavy atom. The van der Waals surface area contributed by atoms with E-state index in [0.29, 0.717) is 12.3 Å². The lowest BCUT2D eigenvalue weighted by atomic mass is 10.1. The first-order valence-corrected chi connectivity index (χ1v) is 6.31. The van der Waals surface area contributed by atoms with Crippen molar-refractivity contribution in [3.8, 4) is 11.5 Å². The van der Waals surface area contributed by atoms with Crippen LogP contribution in [0.2, 0.25) is 0 Å². The number of ether oxygens (including phenoxy) is 1. The number of aryl methyl sites for hydroxylation is 1. The van der Waals surface area contributed by atoms with Crippen LogP contribution < -0.4 is 10.1 Å². The van der Waals surface area contributed by atoms with Crippen molar-refractivity contribution < 1.29 is 14.6 Å². The van der Waals surface area contributed by atoms with Crippen molar-refractivity contribution >= 4 is 5.91 Å². The molecule has 4 nitrogen and oxygen atoms in total. The lowest BCUT2D eigenvalue weighted by molar-refractivity contribution is 0.0948. The predicted molar refractivity (Wildman–Crippen MR) is 77.0 cm³/mol. The standard InChI is InChI=1S/C16H17NO3/c1-11-5-3-4-6-12(11)10-17-16(19)14-9-13(20-2)7-8-15(14)18/h3-9,18H,10H2,1-2H3,(H,17,19). The number of phenolic OH excluding ortho intramolecular Hbond substituents is 1. The minimum atomic E-state index is -0.329. The zero-order chi connectivity index (χ0) is 14.5. The number of carbonyl (C=O) groups excluding carboxylic acids is 1. The number of hydrogen-bond donors (Lipinski definition) is 2. The highest BCUT2D eigenvalue weighted by Crippen LogP contribution is 2.22. The second-order valence-electron chi connectivity index (χ2n) is 4.49. The van der Waals surface area contributed by atoms with Gasteiger partial charge in [0.15, 0.2) is 0 Å². The van der Waals surface area contributed by atoms with Crippen LogP contribution in [0, 0.1) is 6.92 Å². The van der Waals surface area contributed by atoms with Gasteiger partial charge in [0.2, 0.25) is 0 Å². The SMILES string of the molecule is COc1ccc(O)c(C(=O)NCc2ccccc2C)c1. The molecule has 0 aliphatic rings. The van der Waals surface area contributed by atoms with Crippen LogP contribution in [0.4, 0.5) is 0 Å². The van der Waals surface area contributed by atoms with E-state index in [1.165, 1.54) is 19.2 Å². The van der Waals surface area contributed by atoms with E-state index in [4.69, 9.17) is 4.74 Å². The first-order chi connectivity index (χ1) is 9.61. The lowest BCUT2D eigenvalue weighted by Crippen LogP contribution is -2.23. The molecule has 0 spiro atoms. The van der Waals surface area contributed by atoms with Crippen LogP contribution in [-0.2, 0) is 6.54 Å². The molecule has 0 unspecified atom stereocenters. The Balaban J connectivity index is 2.11. The maximum Gasteiger partial charge on any atom is 0.255 e. The summed E-state index contributed by atoms with van der Waals surface area (Å²) >= 11 is 0. The van der Waals surface area contributed by atoms with Crippen molar-refractivity contribution in [3.63, 3.8) is 0 Å². The summed E-state index contributed by atoms with van der Waals surface area (Å²) in [6, 6.07) is 12.4. The van der Waals surface area contributed by atoms with Crippen molar-refractivity contribution in [1.29, 1.82) is 0 Å². The van der Waals surface area contributed by atoms with Crippen LogP contribution >= 0.6 is 0 Å².